The number of aliphatic hydroxyl groups excluding tert-OH is 1. The molecule has 0 aliphatic carbocycles. The highest BCUT2D eigenvalue weighted by Crippen LogP contribution is 2.40. The lowest BCUT2D eigenvalue weighted by Crippen LogP contribution is -2.30. The zero-order chi connectivity index (χ0) is 24.1. The molecule has 1 atom stereocenters. The Balaban J connectivity index is 2.02. The number of benzene rings is 2. The van der Waals surface area contributed by atoms with Crippen molar-refractivity contribution in [3.05, 3.63) is 80.9 Å². The quantitative estimate of drug-likeness (QED) is 0.147. The van der Waals surface area contributed by atoms with Crippen molar-refractivity contribution in [2.75, 3.05) is 6.54 Å². The van der Waals surface area contributed by atoms with Gasteiger partial charge in [0.05, 0.1) is 16.5 Å². The lowest BCUT2D eigenvalue weighted by Gasteiger charge is -2.25. The molecule has 2 aromatic rings. The van der Waals surface area contributed by atoms with Crippen molar-refractivity contribution < 1.29 is 29.5 Å². The van der Waals surface area contributed by atoms with Crippen LogP contribution in [-0.2, 0) is 14.4 Å². The number of carbonyl (C=O) groups is 3. The van der Waals surface area contributed by atoms with Gasteiger partial charge in [0, 0.05) is 30.7 Å². The molecule has 172 valence electrons. The van der Waals surface area contributed by atoms with Crippen molar-refractivity contribution in [1.82, 2.24) is 4.90 Å². The Morgan fingerprint density at radius 2 is 1.76 bits per heavy atom. The third-order valence-electron chi connectivity index (χ3n) is 5.55. The van der Waals surface area contributed by atoms with Gasteiger partial charge in [0.25, 0.3) is 17.4 Å². The van der Waals surface area contributed by atoms with Crippen LogP contribution in [0.1, 0.15) is 48.4 Å². The molecule has 0 saturated carbocycles. The number of ketones is 1. The van der Waals surface area contributed by atoms with Gasteiger partial charge in [-0.05, 0) is 25.3 Å². The Morgan fingerprint density at radius 3 is 2.39 bits per heavy atom. The second kappa shape index (κ2) is 10.1. The molecule has 1 fully saturated rings. The number of carboxylic acid groups (broad SMARTS) is 1. The molecule has 2 N–H and O–H groups in total. The molecule has 1 aliphatic heterocycles. The maximum Gasteiger partial charge on any atom is 0.303 e. The van der Waals surface area contributed by atoms with Gasteiger partial charge in [-0.25, -0.2) is 0 Å². The topological polar surface area (TPSA) is 138 Å². The minimum atomic E-state index is -0.995. The zero-order valence-corrected chi connectivity index (χ0v) is 18.1. The fourth-order valence-electron chi connectivity index (χ4n) is 3.87. The van der Waals surface area contributed by atoms with Gasteiger partial charge in [0.1, 0.15) is 5.76 Å². The van der Waals surface area contributed by atoms with Crippen molar-refractivity contribution in [3.63, 3.8) is 0 Å². The standard InChI is InChI=1S/C24H24N2O7/c1-15-9-11-16(12-10-15)22(29)20-21(17-6-5-7-18(14-17)26(32)33)25(24(31)23(20)30)13-4-2-3-8-19(27)28/h5-7,9-12,14,21,29H,2-4,8,13H2,1H3,(H,27,28)/t21-/m1/s1. The first-order valence-electron chi connectivity index (χ1n) is 10.5. The van der Waals surface area contributed by atoms with E-state index in [1.54, 1.807) is 30.3 Å². The van der Waals surface area contributed by atoms with Crippen LogP contribution in [-0.4, -0.2) is 44.2 Å². The van der Waals surface area contributed by atoms with Crippen LogP contribution in [0.5, 0.6) is 0 Å². The predicted octanol–water partition coefficient (Wildman–Crippen LogP) is 3.97. The van der Waals surface area contributed by atoms with E-state index < -0.39 is 28.6 Å². The van der Waals surface area contributed by atoms with Crippen LogP contribution in [0, 0.1) is 17.0 Å². The van der Waals surface area contributed by atoms with Gasteiger partial charge in [0.15, 0.2) is 0 Å². The van der Waals surface area contributed by atoms with Crippen LogP contribution < -0.4 is 0 Å². The molecule has 33 heavy (non-hydrogen) atoms. The molecule has 3 rings (SSSR count). The normalized spacial score (nSPS) is 17.4. The largest absolute Gasteiger partial charge is 0.507 e. The summed E-state index contributed by atoms with van der Waals surface area (Å²) < 4.78 is 0. The summed E-state index contributed by atoms with van der Waals surface area (Å²) in [6, 6.07) is 11.4. The number of carboxylic acids is 1. The average molecular weight is 452 g/mol. The summed E-state index contributed by atoms with van der Waals surface area (Å²) >= 11 is 0. The van der Waals surface area contributed by atoms with Crippen LogP contribution in [0.2, 0.25) is 0 Å². The summed E-state index contributed by atoms with van der Waals surface area (Å²) in [4.78, 5) is 48.6. The Morgan fingerprint density at radius 1 is 1.06 bits per heavy atom. The van der Waals surface area contributed by atoms with Gasteiger partial charge in [0.2, 0.25) is 0 Å². The summed E-state index contributed by atoms with van der Waals surface area (Å²) in [5.74, 6) is -2.93. The number of nitro benzene ring substituents is 1. The highest BCUT2D eigenvalue weighted by molar-refractivity contribution is 6.46. The Labute approximate surface area is 190 Å². The van der Waals surface area contributed by atoms with Crippen molar-refractivity contribution in [3.8, 4) is 0 Å². The highest BCUT2D eigenvalue weighted by Gasteiger charge is 2.46. The summed E-state index contributed by atoms with van der Waals surface area (Å²) in [5, 5.41) is 31.1. The SMILES string of the molecule is Cc1ccc(C(O)=C2C(=O)C(=O)N(CCCCCC(=O)O)[C@@H]2c2cccc([N+](=O)[O-])c2)cc1. The number of rotatable bonds is 9. The van der Waals surface area contributed by atoms with Crippen LogP contribution >= 0.6 is 0 Å². The van der Waals surface area contributed by atoms with Gasteiger partial charge in [-0.3, -0.25) is 24.5 Å². The smallest absolute Gasteiger partial charge is 0.303 e. The second-order valence-electron chi connectivity index (χ2n) is 7.92. The van der Waals surface area contributed by atoms with Gasteiger partial charge < -0.3 is 15.1 Å². The fraction of sp³-hybridized carbons (Fsp3) is 0.292. The van der Waals surface area contributed by atoms with Crippen molar-refractivity contribution in [1.29, 1.82) is 0 Å². The van der Waals surface area contributed by atoms with E-state index in [1.165, 1.54) is 23.1 Å². The van der Waals surface area contributed by atoms with Gasteiger partial charge in [-0.15, -0.1) is 0 Å². The van der Waals surface area contributed by atoms with E-state index >= 15 is 0 Å². The number of carbonyl (C=O) groups excluding carboxylic acids is 2. The number of likely N-dealkylation sites (tertiary alicyclic amines) is 1. The molecule has 1 aliphatic rings. The second-order valence-corrected chi connectivity index (χ2v) is 7.92. The van der Waals surface area contributed by atoms with Crippen molar-refractivity contribution >= 4 is 29.1 Å². The number of hydrogen-bond acceptors (Lipinski definition) is 6. The molecule has 0 radical (unpaired) electrons. The first-order chi connectivity index (χ1) is 15.7. The van der Waals surface area contributed by atoms with Crippen molar-refractivity contribution in [2.45, 2.75) is 38.6 Å². The molecule has 0 unspecified atom stereocenters. The number of non-ortho nitro benzene ring substituents is 1. The lowest BCUT2D eigenvalue weighted by atomic mass is 9.94. The fourth-order valence-corrected chi connectivity index (χ4v) is 3.87. The van der Waals surface area contributed by atoms with E-state index in [9.17, 15) is 29.6 Å². The third-order valence-corrected chi connectivity index (χ3v) is 5.55. The number of hydrogen-bond donors (Lipinski definition) is 2. The van der Waals surface area contributed by atoms with Crippen LogP contribution in [0.4, 0.5) is 5.69 Å². The predicted molar refractivity (Wildman–Crippen MR) is 119 cm³/mol. The number of aliphatic carboxylic acids is 1. The van der Waals surface area contributed by atoms with Gasteiger partial charge >= 0.3 is 5.97 Å². The molecule has 9 heteroatoms. The number of aliphatic hydroxyl groups is 1. The Bertz CT molecular complexity index is 1120. The Kier molecular flexibility index (Phi) is 7.22. The lowest BCUT2D eigenvalue weighted by molar-refractivity contribution is -0.384. The number of amides is 1. The maximum absolute atomic E-state index is 13.0. The average Bonchev–Trinajstić information content (AvgIpc) is 3.03. The third kappa shape index (κ3) is 5.25. The summed E-state index contributed by atoms with van der Waals surface area (Å²) in [5.41, 5.74) is 1.31. The molecule has 1 amide bonds. The minimum absolute atomic E-state index is 0.000546. The monoisotopic (exact) mass is 452 g/mol. The molecule has 0 spiro atoms. The minimum Gasteiger partial charge on any atom is -0.507 e. The first kappa shape index (κ1) is 23.6. The van der Waals surface area contributed by atoms with E-state index in [0.717, 1.165) is 5.56 Å². The van der Waals surface area contributed by atoms with E-state index in [-0.39, 0.29) is 30.0 Å². The molecule has 0 bridgehead atoms. The molecule has 1 heterocycles. The van der Waals surface area contributed by atoms with E-state index in [4.69, 9.17) is 5.11 Å². The zero-order valence-electron chi connectivity index (χ0n) is 18.1. The molecule has 0 aromatic heterocycles. The number of nitrogens with zero attached hydrogens (tertiary/aromatic N) is 2. The van der Waals surface area contributed by atoms with E-state index in [0.29, 0.717) is 30.4 Å². The Hall–Kier alpha value is -4.01. The first-order valence-corrected chi connectivity index (χ1v) is 10.5. The highest BCUT2D eigenvalue weighted by atomic mass is 16.6. The number of aryl methyl sites for hydroxylation is 1. The number of unbranched alkanes of at least 4 members (excludes halogenated alkanes) is 2. The van der Waals surface area contributed by atoms with Crippen LogP contribution in [0.15, 0.2) is 54.1 Å². The molecule has 2 aromatic carbocycles. The van der Waals surface area contributed by atoms with Crippen LogP contribution in [0.25, 0.3) is 5.76 Å². The maximum atomic E-state index is 13.0. The molecular weight excluding hydrogens is 428 g/mol. The summed E-state index contributed by atoms with van der Waals surface area (Å²) in [6.45, 7) is 2.01. The van der Waals surface area contributed by atoms with E-state index in [1.807, 2.05) is 6.92 Å². The summed E-state index contributed by atoms with van der Waals surface area (Å²) in [7, 11) is 0. The number of nitro groups is 1. The van der Waals surface area contributed by atoms with Crippen LogP contribution in [0.3, 0.4) is 0 Å². The summed E-state index contributed by atoms with van der Waals surface area (Å²) in [6.07, 6.45) is 1.38. The van der Waals surface area contributed by atoms with E-state index in [2.05, 4.69) is 0 Å². The van der Waals surface area contributed by atoms with Crippen molar-refractivity contribution in [2.24, 2.45) is 0 Å². The van der Waals surface area contributed by atoms with Gasteiger partial charge in [-0.1, -0.05) is 48.4 Å². The van der Waals surface area contributed by atoms with Gasteiger partial charge in [-0.2, -0.15) is 0 Å². The number of Topliss-reactive ketones (excluding diaryl/α,β-unsaturated/α-hetero) is 1. The molecule has 9 nitrogen and oxygen atoms in total. The molecule has 1 saturated heterocycles. The molecular formula is C24H24N2O7.